The molecule has 0 aliphatic heterocycles. The molecule has 0 amide bonds. The smallest absolute Gasteiger partial charge is 0.156 e. The fourth-order valence-corrected chi connectivity index (χ4v) is 2.58. The Morgan fingerprint density at radius 3 is 2.29 bits per heavy atom. The van der Waals surface area contributed by atoms with Crippen molar-refractivity contribution in [3.05, 3.63) is 24.3 Å². The van der Waals surface area contributed by atoms with Gasteiger partial charge in [0.2, 0.25) is 0 Å². The molecule has 0 unspecified atom stereocenters. The van der Waals surface area contributed by atoms with Crippen molar-refractivity contribution >= 4 is 17.8 Å². The summed E-state index contributed by atoms with van der Waals surface area (Å²) in [5.41, 5.74) is 0.285. The summed E-state index contributed by atoms with van der Waals surface area (Å²) in [5.74, 6) is 1.46. The van der Waals surface area contributed by atoms with Gasteiger partial charge < -0.3 is 9.47 Å². The van der Waals surface area contributed by atoms with Gasteiger partial charge >= 0.3 is 0 Å². The predicted molar refractivity (Wildman–Crippen MR) is 101 cm³/mol. The highest BCUT2D eigenvalue weighted by Crippen LogP contribution is 2.34. The summed E-state index contributed by atoms with van der Waals surface area (Å²) < 4.78 is 11.9. The number of hydrogen-bond acceptors (Lipinski definition) is 5. The lowest BCUT2D eigenvalue weighted by atomic mass is 9.91. The summed E-state index contributed by atoms with van der Waals surface area (Å²) in [4.78, 5) is 8.56. The Balaban J connectivity index is 1.75. The Hall–Kier alpha value is -1.07. The molecule has 24 heavy (non-hydrogen) atoms. The van der Waals surface area contributed by atoms with Gasteiger partial charge in [0.25, 0.3) is 0 Å². The number of rotatable bonds is 7. The van der Waals surface area contributed by atoms with Gasteiger partial charge in [-0.1, -0.05) is 26.8 Å². The Morgan fingerprint density at radius 2 is 1.75 bits per heavy atom. The average Bonchev–Trinajstić information content (AvgIpc) is 2.45. The maximum absolute atomic E-state index is 6.02. The second-order valence-electron chi connectivity index (χ2n) is 8.00. The van der Waals surface area contributed by atoms with Crippen molar-refractivity contribution in [3.8, 4) is 5.75 Å². The Bertz CT molecular complexity index is 543. The Labute approximate surface area is 150 Å². The molecular formula is C19H30N2O2S. The van der Waals surface area contributed by atoms with Crippen LogP contribution in [0.4, 0.5) is 0 Å². The quantitative estimate of drug-likeness (QED) is 0.651. The average molecular weight is 351 g/mol. The third kappa shape index (κ3) is 6.44. The number of ether oxygens (including phenoxy) is 2. The van der Waals surface area contributed by atoms with Crippen molar-refractivity contribution in [2.24, 2.45) is 5.41 Å². The van der Waals surface area contributed by atoms with Crippen molar-refractivity contribution in [3.63, 3.8) is 0 Å². The van der Waals surface area contributed by atoms with Gasteiger partial charge in [-0.3, -0.25) is 0 Å². The lowest BCUT2D eigenvalue weighted by Gasteiger charge is -2.39. The van der Waals surface area contributed by atoms with E-state index in [0.29, 0.717) is 0 Å². The first-order chi connectivity index (χ1) is 11.2. The predicted octanol–water partition coefficient (Wildman–Crippen LogP) is 4.95. The van der Waals surface area contributed by atoms with Crippen LogP contribution in [0.25, 0.3) is 6.08 Å². The summed E-state index contributed by atoms with van der Waals surface area (Å²) >= 11 is 1.73. The van der Waals surface area contributed by atoms with Crippen molar-refractivity contribution in [2.75, 3.05) is 6.26 Å². The zero-order chi connectivity index (χ0) is 17.8. The van der Waals surface area contributed by atoms with Crippen molar-refractivity contribution in [1.82, 2.24) is 9.97 Å². The second-order valence-corrected chi connectivity index (χ2v) is 9.39. The highest BCUT2D eigenvalue weighted by atomic mass is 32.2. The summed E-state index contributed by atoms with van der Waals surface area (Å²) in [7, 11) is 0. The molecule has 5 heteroatoms. The lowest BCUT2D eigenvalue weighted by Crippen LogP contribution is -2.43. The first kappa shape index (κ1) is 19.3. The molecule has 134 valence electrons. The maximum Gasteiger partial charge on any atom is 0.156 e. The SMILES string of the molecule is CSC(C)(C)O[C@H]1C[C@H](Oc2cnc(/C=C/CC(C)(C)C)nc2)C1. The monoisotopic (exact) mass is 350 g/mol. The molecule has 1 aromatic rings. The highest BCUT2D eigenvalue weighted by Gasteiger charge is 2.35. The van der Waals surface area contributed by atoms with Crippen molar-refractivity contribution in [2.45, 2.75) is 71.0 Å². The second kappa shape index (κ2) is 7.87. The normalized spacial score (nSPS) is 21.8. The molecule has 4 nitrogen and oxygen atoms in total. The molecule has 1 aliphatic rings. The van der Waals surface area contributed by atoms with E-state index in [1.165, 1.54) is 0 Å². The Kier molecular flexibility index (Phi) is 6.32. The topological polar surface area (TPSA) is 44.2 Å². The number of thioether (sulfide) groups is 1. The fraction of sp³-hybridized carbons (Fsp3) is 0.684. The van der Waals surface area contributed by atoms with Crippen LogP contribution < -0.4 is 4.74 Å². The highest BCUT2D eigenvalue weighted by molar-refractivity contribution is 7.99. The molecule has 1 heterocycles. The molecule has 1 saturated carbocycles. The molecule has 0 N–H and O–H groups in total. The van der Waals surface area contributed by atoms with Gasteiger partial charge in [-0.05, 0) is 38.0 Å². The largest absolute Gasteiger partial charge is 0.487 e. The standard InChI is InChI=1S/C19H30N2O2S/c1-18(2,3)9-7-8-17-20-12-16(13-21-17)22-14-10-15(11-14)23-19(4,5)24-6/h7-8,12-15H,9-11H2,1-6H3/b8-7+/t14-,15-. The van der Waals surface area contributed by atoms with Crippen LogP contribution in [-0.4, -0.2) is 33.4 Å². The number of aromatic nitrogens is 2. The van der Waals surface area contributed by atoms with Crippen LogP contribution in [0, 0.1) is 5.41 Å². The van der Waals surface area contributed by atoms with E-state index < -0.39 is 0 Å². The minimum absolute atomic E-state index is 0.125. The summed E-state index contributed by atoms with van der Waals surface area (Å²) in [6.07, 6.45) is 13.0. The van der Waals surface area contributed by atoms with E-state index in [4.69, 9.17) is 9.47 Å². The molecular weight excluding hydrogens is 320 g/mol. The first-order valence-corrected chi connectivity index (χ1v) is 9.77. The lowest BCUT2D eigenvalue weighted by molar-refractivity contribution is -0.0978. The van der Waals surface area contributed by atoms with E-state index in [1.807, 2.05) is 6.08 Å². The minimum Gasteiger partial charge on any atom is -0.487 e. The number of hydrogen-bond donors (Lipinski definition) is 0. The van der Waals surface area contributed by atoms with E-state index in [2.05, 4.69) is 56.9 Å². The third-order valence-electron chi connectivity index (χ3n) is 3.94. The molecule has 0 atom stereocenters. The maximum atomic E-state index is 6.02. The zero-order valence-corrected chi connectivity index (χ0v) is 16.5. The first-order valence-electron chi connectivity index (χ1n) is 8.55. The van der Waals surface area contributed by atoms with Crippen LogP contribution in [0.1, 0.15) is 59.7 Å². The van der Waals surface area contributed by atoms with Crippen LogP contribution in [0.5, 0.6) is 5.75 Å². The fourth-order valence-electron chi connectivity index (χ4n) is 2.34. The van der Waals surface area contributed by atoms with Crippen LogP contribution in [-0.2, 0) is 4.74 Å². The molecule has 0 saturated heterocycles. The van der Waals surface area contributed by atoms with E-state index in [-0.39, 0.29) is 22.6 Å². The molecule has 0 bridgehead atoms. The van der Waals surface area contributed by atoms with Gasteiger partial charge in [0.1, 0.15) is 11.0 Å². The van der Waals surface area contributed by atoms with Crippen LogP contribution >= 0.6 is 11.8 Å². The van der Waals surface area contributed by atoms with Gasteiger partial charge in [-0.15, -0.1) is 11.8 Å². The van der Waals surface area contributed by atoms with Crippen LogP contribution in [0.15, 0.2) is 18.5 Å². The molecule has 0 radical (unpaired) electrons. The third-order valence-corrected chi connectivity index (χ3v) is 5.02. The van der Waals surface area contributed by atoms with E-state index in [9.17, 15) is 0 Å². The number of nitrogens with zero attached hydrogens (tertiary/aromatic N) is 2. The minimum atomic E-state index is -0.125. The van der Waals surface area contributed by atoms with Gasteiger partial charge in [0.15, 0.2) is 11.6 Å². The van der Waals surface area contributed by atoms with E-state index in [0.717, 1.165) is 30.8 Å². The van der Waals surface area contributed by atoms with Gasteiger partial charge in [-0.25, -0.2) is 9.97 Å². The molecule has 2 rings (SSSR count). The summed E-state index contributed by atoms with van der Waals surface area (Å²) in [5, 5.41) is 0. The summed E-state index contributed by atoms with van der Waals surface area (Å²) in [6.45, 7) is 10.8. The van der Waals surface area contributed by atoms with Gasteiger partial charge in [0.05, 0.1) is 18.5 Å². The summed E-state index contributed by atoms with van der Waals surface area (Å²) in [6, 6.07) is 0. The molecule has 0 spiro atoms. The Morgan fingerprint density at radius 1 is 1.12 bits per heavy atom. The molecule has 1 fully saturated rings. The number of allylic oxidation sites excluding steroid dienone is 1. The molecule has 1 aromatic heterocycles. The molecule has 0 aromatic carbocycles. The van der Waals surface area contributed by atoms with Gasteiger partial charge in [0, 0.05) is 12.8 Å². The molecule has 1 aliphatic carbocycles. The van der Waals surface area contributed by atoms with Gasteiger partial charge in [-0.2, -0.15) is 0 Å². The zero-order valence-electron chi connectivity index (χ0n) is 15.7. The van der Waals surface area contributed by atoms with Crippen molar-refractivity contribution < 1.29 is 9.47 Å². The van der Waals surface area contributed by atoms with E-state index in [1.54, 1.807) is 24.2 Å². The van der Waals surface area contributed by atoms with Crippen LogP contribution in [0.2, 0.25) is 0 Å². The van der Waals surface area contributed by atoms with Crippen LogP contribution in [0.3, 0.4) is 0 Å². The van der Waals surface area contributed by atoms with E-state index >= 15 is 0 Å². The van der Waals surface area contributed by atoms with Crippen molar-refractivity contribution in [1.29, 1.82) is 0 Å².